The largest absolute Gasteiger partial charge is 0.457 e. The molecule has 30 heavy (non-hydrogen) atoms. The summed E-state index contributed by atoms with van der Waals surface area (Å²) in [5.41, 5.74) is 0.642. The topological polar surface area (TPSA) is 46.6 Å². The van der Waals surface area contributed by atoms with Gasteiger partial charge in [-0.2, -0.15) is 0 Å². The van der Waals surface area contributed by atoms with Gasteiger partial charge in [-0.3, -0.25) is 4.79 Å². The van der Waals surface area contributed by atoms with Gasteiger partial charge in [-0.05, 0) is 63.9 Å². The number of amides is 1. The Bertz CT molecular complexity index is 990. The van der Waals surface area contributed by atoms with E-state index >= 15 is 0 Å². The highest BCUT2D eigenvalue weighted by molar-refractivity contribution is 6.10. The molecule has 0 saturated heterocycles. The van der Waals surface area contributed by atoms with Crippen LogP contribution < -0.4 is 4.90 Å². The molecule has 0 aromatic heterocycles. The van der Waals surface area contributed by atoms with E-state index in [9.17, 15) is 14.0 Å². The Morgan fingerprint density at radius 3 is 2.33 bits per heavy atom. The third-order valence-corrected chi connectivity index (χ3v) is 5.55. The predicted molar refractivity (Wildman–Crippen MR) is 116 cm³/mol. The Labute approximate surface area is 177 Å². The highest BCUT2D eigenvalue weighted by Crippen LogP contribution is 2.52. The molecule has 0 radical (unpaired) electrons. The summed E-state index contributed by atoms with van der Waals surface area (Å²) < 4.78 is 19.2. The van der Waals surface area contributed by atoms with Crippen molar-refractivity contribution < 1.29 is 18.7 Å². The van der Waals surface area contributed by atoms with Crippen LogP contribution in [-0.4, -0.2) is 24.0 Å². The molecule has 1 aliphatic heterocycles. The van der Waals surface area contributed by atoms with Gasteiger partial charge in [0.05, 0.1) is 5.41 Å². The average molecular weight is 410 g/mol. The number of ether oxygens (including phenoxy) is 1. The zero-order chi connectivity index (χ0) is 22.3. The summed E-state index contributed by atoms with van der Waals surface area (Å²) in [6.45, 7) is 13.6. The van der Waals surface area contributed by atoms with Crippen LogP contribution in [0.15, 0.2) is 60.7 Å². The van der Waals surface area contributed by atoms with Crippen molar-refractivity contribution in [3.05, 3.63) is 77.6 Å². The van der Waals surface area contributed by atoms with Gasteiger partial charge >= 0.3 is 5.97 Å². The second-order valence-corrected chi connectivity index (χ2v) is 8.78. The van der Waals surface area contributed by atoms with Crippen molar-refractivity contribution in [2.24, 2.45) is 0 Å². The second kappa shape index (κ2) is 7.71. The molecule has 0 fully saturated rings. The first kappa shape index (κ1) is 21.8. The van der Waals surface area contributed by atoms with Crippen molar-refractivity contribution in [2.75, 3.05) is 11.4 Å². The van der Waals surface area contributed by atoms with Crippen molar-refractivity contribution in [1.82, 2.24) is 0 Å². The number of fused-ring (bicyclic) bond motifs is 1. The van der Waals surface area contributed by atoms with Crippen LogP contribution in [0.5, 0.6) is 0 Å². The van der Waals surface area contributed by atoms with Gasteiger partial charge in [-0.15, -0.1) is 0 Å². The summed E-state index contributed by atoms with van der Waals surface area (Å²) in [5.74, 6) is -1.79. The Morgan fingerprint density at radius 1 is 1.17 bits per heavy atom. The van der Waals surface area contributed by atoms with Crippen molar-refractivity contribution in [3.8, 4) is 0 Å². The third-order valence-electron chi connectivity index (χ3n) is 5.55. The molecule has 5 heteroatoms. The first-order valence-electron chi connectivity index (χ1n) is 10.1. The summed E-state index contributed by atoms with van der Waals surface area (Å²) >= 11 is 0. The highest BCUT2D eigenvalue weighted by Gasteiger charge is 2.54. The van der Waals surface area contributed by atoms with Gasteiger partial charge < -0.3 is 9.64 Å². The predicted octanol–water partition coefficient (Wildman–Crippen LogP) is 5.13. The van der Waals surface area contributed by atoms with Crippen LogP contribution >= 0.6 is 0 Å². The van der Waals surface area contributed by atoms with Crippen LogP contribution in [0.1, 0.15) is 51.7 Å². The molecule has 1 amide bonds. The van der Waals surface area contributed by atoms with E-state index in [0.717, 1.165) is 11.3 Å². The Kier molecular flexibility index (Phi) is 5.59. The Morgan fingerprint density at radius 2 is 1.77 bits per heavy atom. The number of halogens is 1. The molecule has 2 aromatic rings. The molecule has 1 heterocycles. The lowest BCUT2D eigenvalue weighted by Crippen LogP contribution is -2.44. The van der Waals surface area contributed by atoms with Gasteiger partial charge in [0.15, 0.2) is 0 Å². The third kappa shape index (κ3) is 3.64. The zero-order valence-corrected chi connectivity index (χ0v) is 18.2. The fraction of sp³-hybridized carbons (Fsp3) is 0.360. The smallest absolute Gasteiger partial charge is 0.334 e. The van der Waals surface area contributed by atoms with Crippen LogP contribution in [0.2, 0.25) is 0 Å². The average Bonchev–Trinajstić information content (AvgIpc) is 2.90. The molecular formula is C25H28FNO3. The maximum atomic E-state index is 13.7. The summed E-state index contributed by atoms with van der Waals surface area (Å²) in [6, 6.07) is 13.4. The number of carbonyl (C=O) groups excluding carboxylic acids is 2. The van der Waals surface area contributed by atoms with Crippen LogP contribution in [0, 0.1) is 5.82 Å². The van der Waals surface area contributed by atoms with E-state index in [1.165, 1.54) is 12.1 Å². The van der Waals surface area contributed by atoms with E-state index in [1.54, 1.807) is 37.8 Å². The SMILES string of the molecule is C=C(C(=O)OC(C)(C)C)[C@H](c1ccc(F)cc1)[C@@]1(C)C(=O)N(CC)c2ccccc21. The van der Waals surface area contributed by atoms with Crippen molar-refractivity contribution >= 4 is 17.6 Å². The zero-order valence-electron chi connectivity index (χ0n) is 18.2. The summed E-state index contributed by atoms with van der Waals surface area (Å²) in [6.07, 6.45) is 0. The fourth-order valence-corrected chi connectivity index (χ4v) is 4.25. The van der Waals surface area contributed by atoms with E-state index in [0.29, 0.717) is 12.1 Å². The standard InChI is InChI=1S/C25H28FNO3/c1-7-27-20-11-9-8-10-19(20)25(6,23(27)29)21(17-12-14-18(26)15-13-17)16(2)22(28)30-24(3,4)5/h8-15,21H,2,7H2,1,3-6H3/t21-,25+/m1/s1. The number of anilines is 1. The van der Waals surface area contributed by atoms with E-state index in [1.807, 2.05) is 38.1 Å². The summed E-state index contributed by atoms with van der Waals surface area (Å²) in [5, 5.41) is 0. The van der Waals surface area contributed by atoms with Gasteiger partial charge in [0, 0.05) is 23.7 Å². The molecule has 2 atom stereocenters. The lowest BCUT2D eigenvalue weighted by Gasteiger charge is -2.35. The molecule has 4 nitrogen and oxygen atoms in total. The molecule has 0 unspecified atom stereocenters. The normalized spacial score (nSPS) is 19.4. The minimum Gasteiger partial charge on any atom is -0.457 e. The van der Waals surface area contributed by atoms with Gasteiger partial charge in [-0.1, -0.05) is 36.9 Å². The second-order valence-electron chi connectivity index (χ2n) is 8.78. The van der Waals surface area contributed by atoms with Crippen molar-refractivity contribution in [2.45, 2.75) is 51.6 Å². The molecule has 0 aliphatic carbocycles. The summed E-state index contributed by atoms with van der Waals surface area (Å²) in [7, 11) is 0. The monoisotopic (exact) mass is 409 g/mol. The number of para-hydroxylation sites is 1. The highest BCUT2D eigenvalue weighted by atomic mass is 19.1. The lowest BCUT2D eigenvalue weighted by atomic mass is 9.66. The van der Waals surface area contributed by atoms with Gasteiger partial charge in [0.1, 0.15) is 11.4 Å². The quantitative estimate of drug-likeness (QED) is 0.508. The number of nitrogens with zero attached hydrogens (tertiary/aromatic N) is 1. The molecule has 0 saturated carbocycles. The van der Waals surface area contributed by atoms with E-state index in [-0.39, 0.29) is 17.3 Å². The molecule has 0 N–H and O–H groups in total. The lowest BCUT2D eigenvalue weighted by molar-refractivity contribution is -0.150. The Balaban J connectivity index is 2.20. The number of hydrogen-bond donors (Lipinski definition) is 0. The van der Waals surface area contributed by atoms with E-state index < -0.39 is 22.9 Å². The molecule has 158 valence electrons. The van der Waals surface area contributed by atoms with Crippen LogP contribution in [0.3, 0.4) is 0 Å². The molecule has 1 aliphatic rings. The molecule has 3 rings (SSSR count). The van der Waals surface area contributed by atoms with Crippen molar-refractivity contribution in [1.29, 1.82) is 0 Å². The number of rotatable bonds is 5. The van der Waals surface area contributed by atoms with E-state index in [2.05, 4.69) is 6.58 Å². The van der Waals surface area contributed by atoms with E-state index in [4.69, 9.17) is 4.74 Å². The molecule has 0 spiro atoms. The first-order valence-corrected chi connectivity index (χ1v) is 10.1. The maximum Gasteiger partial charge on any atom is 0.334 e. The first-order chi connectivity index (χ1) is 14.0. The van der Waals surface area contributed by atoms with Gasteiger partial charge in [0.2, 0.25) is 5.91 Å². The van der Waals surface area contributed by atoms with Crippen LogP contribution in [0.25, 0.3) is 0 Å². The molecule has 2 aromatic carbocycles. The molecule has 0 bridgehead atoms. The van der Waals surface area contributed by atoms with Crippen LogP contribution in [0.4, 0.5) is 10.1 Å². The number of esters is 1. The Hall–Kier alpha value is -2.95. The van der Waals surface area contributed by atoms with Crippen LogP contribution in [-0.2, 0) is 19.7 Å². The minimum absolute atomic E-state index is 0.120. The minimum atomic E-state index is -1.08. The fourth-order valence-electron chi connectivity index (χ4n) is 4.25. The maximum absolute atomic E-state index is 13.7. The summed E-state index contributed by atoms with van der Waals surface area (Å²) in [4.78, 5) is 28.4. The number of hydrogen-bond acceptors (Lipinski definition) is 3. The number of benzene rings is 2. The molecular weight excluding hydrogens is 381 g/mol. The van der Waals surface area contributed by atoms with Gasteiger partial charge in [-0.25, -0.2) is 9.18 Å². The number of carbonyl (C=O) groups is 2. The van der Waals surface area contributed by atoms with Gasteiger partial charge in [0.25, 0.3) is 0 Å². The number of likely N-dealkylation sites (N-methyl/N-ethyl adjacent to an activating group) is 1. The van der Waals surface area contributed by atoms with Crippen molar-refractivity contribution in [3.63, 3.8) is 0 Å².